The molecule has 1 saturated heterocycles. The van der Waals surface area contributed by atoms with Crippen LogP contribution in [0.2, 0.25) is 0 Å². The van der Waals surface area contributed by atoms with Crippen molar-refractivity contribution < 1.29 is 14.3 Å². The summed E-state index contributed by atoms with van der Waals surface area (Å²) < 4.78 is 10.7. The van der Waals surface area contributed by atoms with Gasteiger partial charge in [0.05, 0.1) is 25.6 Å². The van der Waals surface area contributed by atoms with E-state index in [1.807, 2.05) is 12.1 Å². The molecule has 0 bridgehead atoms. The van der Waals surface area contributed by atoms with Gasteiger partial charge in [0.1, 0.15) is 6.04 Å². The predicted octanol–water partition coefficient (Wildman–Crippen LogP) is 2.40. The van der Waals surface area contributed by atoms with Crippen LogP contribution in [0.1, 0.15) is 25.7 Å². The number of anilines is 2. The quantitative estimate of drug-likeness (QED) is 0.901. The van der Waals surface area contributed by atoms with Gasteiger partial charge in [0, 0.05) is 18.7 Å². The fourth-order valence-corrected chi connectivity index (χ4v) is 3.09. The van der Waals surface area contributed by atoms with Crippen LogP contribution in [0.3, 0.4) is 0 Å². The zero-order valence-corrected chi connectivity index (χ0v) is 11.9. The van der Waals surface area contributed by atoms with Crippen LogP contribution in [0.15, 0.2) is 12.1 Å². The SMILES string of the molecule is COc1cc2c(cc1OC)N1CCCCCC1C(=O)N2. The van der Waals surface area contributed by atoms with E-state index in [0.717, 1.165) is 37.2 Å². The van der Waals surface area contributed by atoms with Crippen LogP contribution in [-0.2, 0) is 4.79 Å². The van der Waals surface area contributed by atoms with Crippen molar-refractivity contribution in [2.45, 2.75) is 31.7 Å². The molecule has 1 atom stereocenters. The molecule has 2 aliphatic heterocycles. The average Bonchev–Trinajstić information content (AvgIpc) is 2.72. The molecule has 1 amide bonds. The van der Waals surface area contributed by atoms with Crippen molar-refractivity contribution in [2.75, 3.05) is 31.0 Å². The second-order valence-electron chi connectivity index (χ2n) is 5.27. The number of hydrogen-bond donors (Lipinski definition) is 1. The van der Waals surface area contributed by atoms with Gasteiger partial charge < -0.3 is 19.7 Å². The predicted molar refractivity (Wildman–Crippen MR) is 77.8 cm³/mol. The van der Waals surface area contributed by atoms with E-state index in [2.05, 4.69) is 10.2 Å². The Morgan fingerprint density at radius 3 is 2.65 bits per heavy atom. The van der Waals surface area contributed by atoms with E-state index in [-0.39, 0.29) is 11.9 Å². The number of nitrogens with one attached hydrogen (secondary N) is 1. The Morgan fingerprint density at radius 2 is 1.90 bits per heavy atom. The number of carbonyl (C=O) groups excluding carboxylic acids is 1. The summed E-state index contributed by atoms with van der Waals surface area (Å²) in [5, 5.41) is 3.00. The van der Waals surface area contributed by atoms with Gasteiger partial charge in [0.2, 0.25) is 5.91 Å². The number of methoxy groups -OCH3 is 2. The topological polar surface area (TPSA) is 50.8 Å². The summed E-state index contributed by atoms with van der Waals surface area (Å²) in [5.74, 6) is 1.43. The average molecular weight is 276 g/mol. The lowest BCUT2D eigenvalue weighted by molar-refractivity contribution is -0.117. The minimum atomic E-state index is -0.0527. The van der Waals surface area contributed by atoms with Crippen LogP contribution in [0, 0.1) is 0 Å². The Hall–Kier alpha value is -1.91. The number of rotatable bonds is 2. The summed E-state index contributed by atoms with van der Waals surface area (Å²) in [4.78, 5) is 14.5. The fourth-order valence-electron chi connectivity index (χ4n) is 3.09. The highest BCUT2D eigenvalue weighted by molar-refractivity contribution is 6.04. The Kier molecular flexibility index (Phi) is 3.42. The first-order valence-electron chi connectivity index (χ1n) is 7.08. The van der Waals surface area contributed by atoms with Crippen LogP contribution in [0.5, 0.6) is 11.5 Å². The first-order valence-corrected chi connectivity index (χ1v) is 7.08. The molecule has 20 heavy (non-hydrogen) atoms. The Bertz CT molecular complexity index is 530. The van der Waals surface area contributed by atoms with Gasteiger partial charge in [-0.05, 0) is 12.8 Å². The molecule has 5 heteroatoms. The molecule has 1 fully saturated rings. The second kappa shape index (κ2) is 5.23. The van der Waals surface area contributed by atoms with Gasteiger partial charge in [-0.25, -0.2) is 0 Å². The molecule has 0 aliphatic carbocycles. The lowest BCUT2D eigenvalue weighted by atomic mass is 10.0. The molecule has 1 aromatic rings. The summed E-state index contributed by atoms with van der Waals surface area (Å²) in [7, 11) is 3.23. The van der Waals surface area contributed by atoms with Gasteiger partial charge in [-0.15, -0.1) is 0 Å². The van der Waals surface area contributed by atoms with Crippen molar-refractivity contribution in [3.05, 3.63) is 12.1 Å². The summed E-state index contributed by atoms with van der Waals surface area (Å²) in [6.07, 6.45) is 4.33. The number of amides is 1. The van der Waals surface area contributed by atoms with Gasteiger partial charge in [-0.3, -0.25) is 4.79 Å². The largest absolute Gasteiger partial charge is 0.493 e. The van der Waals surface area contributed by atoms with E-state index in [4.69, 9.17) is 9.47 Å². The molecule has 1 unspecified atom stereocenters. The molecule has 0 aromatic heterocycles. The maximum atomic E-state index is 12.3. The van der Waals surface area contributed by atoms with Gasteiger partial charge >= 0.3 is 0 Å². The summed E-state index contributed by atoms with van der Waals surface area (Å²) in [6.45, 7) is 0.917. The Balaban J connectivity index is 2.07. The number of hydrogen-bond acceptors (Lipinski definition) is 4. The number of carbonyl (C=O) groups is 1. The number of nitrogens with zero attached hydrogens (tertiary/aromatic N) is 1. The van der Waals surface area contributed by atoms with Gasteiger partial charge in [0.15, 0.2) is 11.5 Å². The Labute approximate surface area is 118 Å². The van der Waals surface area contributed by atoms with Crippen molar-refractivity contribution >= 4 is 17.3 Å². The third kappa shape index (κ3) is 2.07. The number of ether oxygens (including phenoxy) is 2. The summed E-state index contributed by atoms with van der Waals surface area (Å²) >= 11 is 0. The van der Waals surface area contributed by atoms with Crippen molar-refractivity contribution in [1.29, 1.82) is 0 Å². The zero-order chi connectivity index (χ0) is 14.1. The molecule has 0 saturated carbocycles. The zero-order valence-electron chi connectivity index (χ0n) is 11.9. The number of fused-ring (bicyclic) bond motifs is 3. The summed E-state index contributed by atoms with van der Waals surface area (Å²) in [5.41, 5.74) is 1.85. The van der Waals surface area contributed by atoms with Gasteiger partial charge in [-0.2, -0.15) is 0 Å². The van der Waals surface area contributed by atoms with Crippen molar-refractivity contribution in [3.8, 4) is 11.5 Å². The molecule has 3 rings (SSSR count). The van der Waals surface area contributed by atoms with Crippen molar-refractivity contribution in [2.24, 2.45) is 0 Å². The molecule has 0 radical (unpaired) electrons. The van der Waals surface area contributed by atoms with Crippen LogP contribution >= 0.6 is 0 Å². The molecule has 1 aromatic carbocycles. The molecule has 2 aliphatic rings. The molecule has 5 nitrogen and oxygen atoms in total. The third-order valence-electron chi connectivity index (χ3n) is 4.12. The molecule has 2 heterocycles. The molecule has 108 valence electrons. The third-order valence-corrected chi connectivity index (χ3v) is 4.12. The van der Waals surface area contributed by atoms with E-state index in [1.165, 1.54) is 6.42 Å². The van der Waals surface area contributed by atoms with Crippen LogP contribution < -0.4 is 19.7 Å². The lowest BCUT2D eigenvalue weighted by Gasteiger charge is -2.37. The summed E-state index contributed by atoms with van der Waals surface area (Å²) in [6, 6.07) is 3.75. The Morgan fingerprint density at radius 1 is 1.15 bits per heavy atom. The van der Waals surface area contributed by atoms with Crippen LogP contribution in [0.25, 0.3) is 0 Å². The van der Waals surface area contributed by atoms with Crippen molar-refractivity contribution in [3.63, 3.8) is 0 Å². The highest BCUT2D eigenvalue weighted by Crippen LogP contribution is 2.42. The maximum Gasteiger partial charge on any atom is 0.247 e. The molecule has 1 N–H and O–H groups in total. The van der Waals surface area contributed by atoms with E-state index in [9.17, 15) is 4.79 Å². The highest BCUT2D eigenvalue weighted by Gasteiger charge is 2.34. The van der Waals surface area contributed by atoms with Crippen molar-refractivity contribution in [1.82, 2.24) is 0 Å². The molecular formula is C15H20N2O3. The smallest absolute Gasteiger partial charge is 0.247 e. The minimum absolute atomic E-state index is 0.0527. The highest BCUT2D eigenvalue weighted by atomic mass is 16.5. The normalized spacial score (nSPS) is 21.4. The minimum Gasteiger partial charge on any atom is -0.493 e. The fraction of sp³-hybridized carbons (Fsp3) is 0.533. The van der Waals surface area contributed by atoms with E-state index < -0.39 is 0 Å². The van der Waals surface area contributed by atoms with Gasteiger partial charge in [0.25, 0.3) is 0 Å². The van der Waals surface area contributed by atoms with Crippen LogP contribution in [0.4, 0.5) is 11.4 Å². The van der Waals surface area contributed by atoms with Crippen LogP contribution in [-0.4, -0.2) is 32.7 Å². The maximum absolute atomic E-state index is 12.3. The molecule has 0 spiro atoms. The van der Waals surface area contributed by atoms with E-state index in [0.29, 0.717) is 11.5 Å². The molecular weight excluding hydrogens is 256 g/mol. The second-order valence-corrected chi connectivity index (χ2v) is 5.27. The standard InChI is InChI=1S/C15H20N2O3/c1-19-13-8-10-12(9-14(13)20-2)17-7-5-3-4-6-11(17)15(18)16-10/h8-9,11H,3-7H2,1-2H3,(H,16,18). The monoisotopic (exact) mass is 276 g/mol. The van der Waals surface area contributed by atoms with E-state index in [1.54, 1.807) is 14.2 Å². The number of benzene rings is 1. The van der Waals surface area contributed by atoms with E-state index >= 15 is 0 Å². The lowest BCUT2D eigenvalue weighted by Crippen LogP contribution is -2.47. The first-order chi connectivity index (χ1) is 9.74. The van der Waals surface area contributed by atoms with Gasteiger partial charge in [-0.1, -0.05) is 12.8 Å². The first kappa shape index (κ1) is 13.1.